The normalized spacial score (nSPS) is 16.3. The number of rotatable bonds is 18. The highest BCUT2D eigenvalue weighted by Crippen LogP contribution is 2.39. The highest BCUT2D eigenvalue weighted by molar-refractivity contribution is 7.15. The molecule has 4 aromatic rings. The van der Waals surface area contributed by atoms with Gasteiger partial charge >= 0.3 is 0 Å². The summed E-state index contributed by atoms with van der Waals surface area (Å²) >= 11 is 7.88. The van der Waals surface area contributed by atoms with E-state index >= 15 is 0 Å². The lowest BCUT2D eigenvalue weighted by Crippen LogP contribution is -2.39. The number of nitrogens with one attached hydrogen (secondary N) is 1. The maximum atomic E-state index is 13.2. The molecule has 2 aromatic carbocycles. The van der Waals surface area contributed by atoms with Crippen LogP contribution in [0.2, 0.25) is 5.02 Å². The number of amides is 2. The number of aromatic nitrogens is 3. The number of Topliss-reactive ketones (excluding diaryl/α,β-unsaturated/α-hetero) is 2. The maximum Gasteiger partial charge on any atom is 0.253 e. The lowest BCUT2D eigenvalue weighted by atomic mass is 9.90. The van der Waals surface area contributed by atoms with E-state index in [-0.39, 0.29) is 35.7 Å². The predicted molar refractivity (Wildman–Crippen MR) is 225 cm³/mol. The third-order valence-electron chi connectivity index (χ3n) is 11.2. The second-order valence-electron chi connectivity index (χ2n) is 15.4. The SMILES string of the molecule is Cc1sc2c(c1C)C(c1ccc(Cl)cc1)=N[C@@H](CC(=O)NCCOCCOCCOCCC(=O)CC1CCN(C(=O)c3ccc4c(c3)CC(=O)C4)CC1)c1nnc(C)n1-2. The fourth-order valence-corrected chi connectivity index (χ4v) is 9.24. The molecule has 1 aliphatic carbocycles. The summed E-state index contributed by atoms with van der Waals surface area (Å²) in [5.74, 6) is 1.83. The summed E-state index contributed by atoms with van der Waals surface area (Å²) < 4.78 is 18.9. The van der Waals surface area contributed by atoms with Gasteiger partial charge in [0.1, 0.15) is 28.4 Å². The lowest BCUT2D eigenvalue weighted by molar-refractivity contribution is -0.122. The second kappa shape index (κ2) is 19.6. The van der Waals surface area contributed by atoms with Crippen molar-refractivity contribution >= 4 is 52.0 Å². The summed E-state index contributed by atoms with van der Waals surface area (Å²) in [6.07, 6.45) is 3.42. The number of aliphatic imine (C=N–C) groups is 1. The Kier molecular flexibility index (Phi) is 14.2. The van der Waals surface area contributed by atoms with Crippen molar-refractivity contribution in [2.45, 2.75) is 71.8 Å². The molecule has 59 heavy (non-hydrogen) atoms. The molecule has 312 valence electrons. The number of piperidine rings is 1. The molecular weight excluding hydrogens is 792 g/mol. The summed E-state index contributed by atoms with van der Waals surface area (Å²) in [6.45, 7) is 9.88. The van der Waals surface area contributed by atoms with Crippen LogP contribution in [0, 0.1) is 26.7 Å². The van der Waals surface area contributed by atoms with Gasteiger partial charge in [-0.15, -0.1) is 21.5 Å². The first-order valence-electron chi connectivity index (χ1n) is 20.4. The van der Waals surface area contributed by atoms with E-state index in [1.807, 2.05) is 58.9 Å². The molecule has 1 fully saturated rings. The molecule has 1 atom stereocenters. The first-order chi connectivity index (χ1) is 28.5. The van der Waals surface area contributed by atoms with Gasteiger partial charge in [0.25, 0.3) is 5.91 Å². The molecule has 7 rings (SSSR count). The number of carbonyl (C=O) groups excluding carboxylic acids is 4. The van der Waals surface area contributed by atoms with Crippen LogP contribution in [0.1, 0.15) is 92.8 Å². The summed E-state index contributed by atoms with van der Waals surface area (Å²) in [5.41, 5.74) is 6.49. The van der Waals surface area contributed by atoms with E-state index in [1.165, 1.54) is 4.88 Å². The van der Waals surface area contributed by atoms with Crippen molar-refractivity contribution in [3.05, 3.63) is 97.4 Å². The van der Waals surface area contributed by atoms with Gasteiger partial charge in [-0.3, -0.25) is 28.7 Å². The van der Waals surface area contributed by atoms with Crippen LogP contribution in [0.25, 0.3) is 5.00 Å². The van der Waals surface area contributed by atoms with Gasteiger partial charge in [-0.1, -0.05) is 29.8 Å². The van der Waals surface area contributed by atoms with E-state index < -0.39 is 6.04 Å². The van der Waals surface area contributed by atoms with Crippen LogP contribution in [-0.4, -0.2) is 108 Å². The molecule has 4 heterocycles. The summed E-state index contributed by atoms with van der Waals surface area (Å²) in [5, 5.41) is 13.4. The summed E-state index contributed by atoms with van der Waals surface area (Å²) in [4.78, 5) is 58.8. The summed E-state index contributed by atoms with van der Waals surface area (Å²) in [7, 11) is 0. The van der Waals surface area contributed by atoms with Crippen molar-refractivity contribution in [3.63, 3.8) is 0 Å². The number of nitrogens with zero attached hydrogens (tertiary/aromatic N) is 5. The quantitative estimate of drug-likeness (QED) is 0.120. The largest absolute Gasteiger partial charge is 0.379 e. The molecular formula is C44H51ClN6O7S. The Morgan fingerprint density at radius 3 is 2.31 bits per heavy atom. The van der Waals surface area contributed by atoms with Crippen molar-refractivity contribution < 1.29 is 33.4 Å². The number of fused-ring (bicyclic) bond motifs is 4. The number of hydrogen-bond donors (Lipinski definition) is 1. The number of thiophene rings is 1. The zero-order valence-corrected chi connectivity index (χ0v) is 35.5. The standard InChI is InChI=1S/C44H51ClN6O7S/c1-27-28(2)59-44-40(27)41(31-6-8-35(45)9-7-31)47-38(42-49-48-29(3)51(42)44)26-39(54)46-13-17-57-19-21-58-20-18-56-16-12-36(52)22-30-10-14-50(15-11-30)43(55)33-5-4-32-24-37(53)25-34(32)23-33/h4-9,23,30,38H,10-22,24-26H2,1-3H3,(H,46,54)/t38-/m0/s1. The van der Waals surface area contributed by atoms with Gasteiger partial charge in [0, 0.05) is 71.9 Å². The van der Waals surface area contributed by atoms with Crippen molar-refractivity contribution in [3.8, 4) is 5.00 Å². The lowest BCUT2D eigenvalue weighted by Gasteiger charge is -2.32. The van der Waals surface area contributed by atoms with Gasteiger partial charge in [0.2, 0.25) is 5.91 Å². The van der Waals surface area contributed by atoms with Crippen LogP contribution >= 0.6 is 22.9 Å². The molecule has 2 amide bonds. The molecule has 0 radical (unpaired) electrons. The molecule has 2 aliphatic heterocycles. The second-order valence-corrected chi connectivity index (χ2v) is 17.0. The van der Waals surface area contributed by atoms with Gasteiger partial charge in [0.05, 0.1) is 51.8 Å². The minimum Gasteiger partial charge on any atom is -0.379 e. The molecule has 2 aromatic heterocycles. The molecule has 1 N–H and O–H groups in total. The van der Waals surface area contributed by atoms with Crippen molar-refractivity contribution in [1.82, 2.24) is 25.0 Å². The van der Waals surface area contributed by atoms with E-state index in [9.17, 15) is 19.2 Å². The minimum absolute atomic E-state index is 0.00373. The van der Waals surface area contributed by atoms with Crippen molar-refractivity contribution in [1.29, 1.82) is 0 Å². The van der Waals surface area contributed by atoms with E-state index in [4.69, 9.17) is 30.8 Å². The molecule has 0 saturated carbocycles. The fraction of sp³-hybridized carbons (Fsp3) is 0.477. The average molecular weight is 843 g/mol. The topological polar surface area (TPSA) is 154 Å². The third kappa shape index (κ3) is 10.4. The summed E-state index contributed by atoms with van der Waals surface area (Å²) in [6, 6.07) is 12.6. The molecule has 0 bridgehead atoms. The van der Waals surface area contributed by atoms with Crippen LogP contribution in [0.5, 0.6) is 0 Å². The van der Waals surface area contributed by atoms with Crippen LogP contribution < -0.4 is 5.32 Å². The average Bonchev–Trinajstić information content (AvgIpc) is 3.86. The number of ketones is 2. The fourth-order valence-electron chi connectivity index (χ4n) is 7.90. The number of benzene rings is 2. The maximum absolute atomic E-state index is 13.2. The molecule has 0 unspecified atom stereocenters. The number of aryl methyl sites for hydroxylation is 2. The zero-order valence-electron chi connectivity index (χ0n) is 33.9. The number of likely N-dealkylation sites (tertiary alicyclic amines) is 1. The Morgan fingerprint density at radius 2 is 1.56 bits per heavy atom. The molecule has 0 spiro atoms. The van der Waals surface area contributed by atoms with E-state index in [2.05, 4.69) is 29.4 Å². The number of hydrogen-bond acceptors (Lipinski definition) is 11. The minimum atomic E-state index is -0.546. The first-order valence-corrected chi connectivity index (χ1v) is 21.6. The third-order valence-corrected chi connectivity index (χ3v) is 12.7. The number of halogens is 1. The van der Waals surface area contributed by atoms with E-state index in [1.54, 1.807) is 11.3 Å². The van der Waals surface area contributed by atoms with Gasteiger partial charge in [-0.2, -0.15) is 0 Å². The van der Waals surface area contributed by atoms with Crippen LogP contribution in [0.3, 0.4) is 0 Å². The Labute approximate surface area is 353 Å². The van der Waals surface area contributed by atoms with Crippen LogP contribution in [0.4, 0.5) is 0 Å². The van der Waals surface area contributed by atoms with Crippen molar-refractivity contribution in [2.24, 2.45) is 10.9 Å². The van der Waals surface area contributed by atoms with Gasteiger partial charge in [-0.25, -0.2) is 0 Å². The Balaban J connectivity index is 0.744. The molecule has 13 nitrogen and oxygen atoms in total. The van der Waals surface area contributed by atoms with Crippen molar-refractivity contribution in [2.75, 3.05) is 59.3 Å². The highest BCUT2D eigenvalue weighted by Gasteiger charge is 2.33. The highest BCUT2D eigenvalue weighted by atomic mass is 35.5. The zero-order chi connectivity index (χ0) is 41.5. The van der Waals surface area contributed by atoms with E-state index in [0.717, 1.165) is 57.2 Å². The first kappa shape index (κ1) is 42.5. The molecule has 3 aliphatic rings. The van der Waals surface area contributed by atoms with Gasteiger partial charge in [0.15, 0.2) is 5.82 Å². The van der Waals surface area contributed by atoms with Crippen LogP contribution in [0.15, 0.2) is 47.5 Å². The Hall–Kier alpha value is -4.60. The Bertz CT molecular complexity index is 2210. The Morgan fingerprint density at radius 1 is 0.864 bits per heavy atom. The van der Waals surface area contributed by atoms with Gasteiger partial charge < -0.3 is 24.4 Å². The number of ether oxygens (including phenoxy) is 3. The number of carbonyl (C=O) groups is 4. The smallest absolute Gasteiger partial charge is 0.253 e. The molecule has 1 saturated heterocycles. The predicted octanol–water partition coefficient (Wildman–Crippen LogP) is 5.93. The molecule has 15 heteroatoms. The monoisotopic (exact) mass is 842 g/mol. The van der Waals surface area contributed by atoms with E-state index in [0.29, 0.717) is 101 Å². The van der Waals surface area contributed by atoms with Gasteiger partial charge in [-0.05, 0) is 80.5 Å². The van der Waals surface area contributed by atoms with Crippen LogP contribution in [-0.2, 0) is 41.4 Å².